The Bertz CT molecular complexity index is 324. The Morgan fingerprint density at radius 1 is 1.53 bits per heavy atom. The maximum absolute atomic E-state index is 10.8. The van der Waals surface area contributed by atoms with E-state index in [-0.39, 0.29) is 70.6 Å². The number of nitrogens with one attached hydrogen (secondary N) is 1. The molecule has 0 aromatic carbocycles. The first kappa shape index (κ1) is 18.3. The Morgan fingerprint density at radius 2 is 2.00 bits per heavy atom. The third-order valence-corrected chi connectivity index (χ3v) is 2.65. The van der Waals surface area contributed by atoms with Gasteiger partial charge in [-0.2, -0.15) is 8.42 Å². The van der Waals surface area contributed by atoms with Gasteiger partial charge in [0.05, 0.1) is 5.75 Å². The molecule has 0 atom stereocenters. The number of hydrogen-bond acceptors (Lipinski definition) is 3. The predicted octanol–water partition coefficient (Wildman–Crippen LogP) is -0.446. The van der Waals surface area contributed by atoms with Gasteiger partial charge in [0, 0.05) is 6.54 Å². The summed E-state index contributed by atoms with van der Waals surface area (Å²) in [6, 6.07) is 0. The Balaban J connectivity index is 0. The van der Waals surface area contributed by atoms with Crippen molar-refractivity contribution in [3.05, 3.63) is 12.7 Å². The fourth-order valence-electron chi connectivity index (χ4n) is 0.943. The Labute approximate surface area is 139 Å². The first-order valence-corrected chi connectivity index (χ1v) is 5.63. The molecule has 0 unspecified atom stereocenters. The Kier molecular flexibility index (Phi) is 8.89. The molecule has 0 saturated carbocycles. The first-order valence-electron chi connectivity index (χ1n) is 4.02. The van der Waals surface area contributed by atoms with Crippen molar-refractivity contribution in [1.29, 1.82) is 0 Å². The molecule has 0 aliphatic carbocycles. The molecular weight excluding hydrogens is 292 g/mol. The predicted molar refractivity (Wildman–Crippen MR) is 60.6 cm³/mol. The second-order valence-electron chi connectivity index (χ2n) is 3.81. The summed E-state index contributed by atoms with van der Waals surface area (Å²) in [5.74, 6) is -0.759. The van der Waals surface area contributed by atoms with Crippen LogP contribution in [-0.2, 0) is 14.9 Å². The molecule has 0 heterocycles. The topological polar surface area (TPSA) is 83.5 Å². The standard InChI is InChI=1S/C8H15NO4S.Rb.H/c1-4-7(10)9-5-8(2,3)6-14(11,12)13;;/h4H,1,5-6H2,2-3H3,(H,9,10)(H,11,12,13);;. The molecule has 2 N–H and O–H groups in total. The monoisotopic (exact) mass is 307 g/mol. The molecule has 0 bridgehead atoms. The van der Waals surface area contributed by atoms with E-state index in [1.807, 2.05) is 0 Å². The number of carbonyl (C=O) groups is 1. The van der Waals surface area contributed by atoms with Crippen molar-refractivity contribution >= 4 is 74.2 Å². The average Bonchev–Trinajstić information content (AvgIpc) is 1.96. The van der Waals surface area contributed by atoms with Crippen LogP contribution in [0.5, 0.6) is 0 Å². The zero-order valence-electron chi connectivity index (χ0n) is 8.28. The minimum atomic E-state index is -4.01. The van der Waals surface area contributed by atoms with Gasteiger partial charge in [0.25, 0.3) is 10.1 Å². The summed E-state index contributed by atoms with van der Waals surface area (Å²) in [5.41, 5.74) is -0.702. The van der Waals surface area contributed by atoms with Gasteiger partial charge in [0.2, 0.25) is 5.91 Å². The van der Waals surface area contributed by atoms with E-state index in [0.717, 1.165) is 6.08 Å². The van der Waals surface area contributed by atoms with Crippen molar-refractivity contribution in [3.63, 3.8) is 0 Å². The molecule has 84 valence electrons. The van der Waals surface area contributed by atoms with Crippen LogP contribution in [0.3, 0.4) is 0 Å². The molecule has 0 aliphatic rings. The van der Waals surface area contributed by atoms with E-state index in [1.54, 1.807) is 13.8 Å². The van der Waals surface area contributed by atoms with Gasteiger partial charge in [0.1, 0.15) is 0 Å². The fraction of sp³-hybridized carbons (Fsp3) is 0.625. The van der Waals surface area contributed by atoms with Crippen molar-refractivity contribution < 1.29 is 17.8 Å². The van der Waals surface area contributed by atoms with Crippen LogP contribution < -0.4 is 5.32 Å². The summed E-state index contributed by atoms with van der Waals surface area (Å²) in [6.07, 6.45) is 1.10. The van der Waals surface area contributed by atoms with Crippen LogP contribution in [0.2, 0.25) is 0 Å². The van der Waals surface area contributed by atoms with E-state index < -0.39 is 21.3 Å². The van der Waals surface area contributed by atoms with Crippen molar-refractivity contribution in [2.75, 3.05) is 12.3 Å². The quantitative estimate of drug-likeness (QED) is 0.532. The van der Waals surface area contributed by atoms with Crippen LogP contribution in [0.1, 0.15) is 13.8 Å². The number of rotatable bonds is 5. The summed E-state index contributed by atoms with van der Waals surface area (Å²) < 4.78 is 29.8. The third-order valence-electron chi connectivity index (χ3n) is 1.50. The molecule has 1 amide bonds. The van der Waals surface area contributed by atoms with Gasteiger partial charge in [-0.1, -0.05) is 20.4 Å². The number of carbonyl (C=O) groups excluding carboxylic acids is 1. The van der Waals surface area contributed by atoms with Crippen molar-refractivity contribution in [3.8, 4) is 0 Å². The second-order valence-corrected chi connectivity index (χ2v) is 5.26. The Morgan fingerprint density at radius 3 is 2.33 bits per heavy atom. The van der Waals surface area contributed by atoms with Crippen molar-refractivity contribution in [1.82, 2.24) is 5.32 Å². The summed E-state index contributed by atoms with van der Waals surface area (Å²) in [6.45, 7) is 6.68. The molecule has 0 saturated heterocycles. The van der Waals surface area contributed by atoms with Gasteiger partial charge < -0.3 is 5.32 Å². The molecule has 7 heteroatoms. The molecule has 5 nitrogen and oxygen atoms in total. The fourth-order valence-corrected chi connectivity index (χ4v) is 2.03. The molecular formula is C8H16NO4RbS. The molecule has 0 radical (unpaired) electrons. The van der Waals surface area contributed by atoms with Crippen LogP contribution in [0.4, 0.5) is 0 Å². The van der Waals surface area contributed by atoms with E-state index in [2.05, 4.69) is 11.9 Å². The molecule has 15 heavy (non-hydrogen) atoms. The van der Waals surface area contributed by atoms with E-state index in [4.69, 9.17) is 4.55 Å². The maximum atomic E-state index is 10.8. The van der Waals surface area contributed by atoms with Crippen LogP contribution in [0, 0.1) is 5.41 Å². The molecule has 0 aromatic heterocycles. The average molecular weight is 308 g/mol. The molecule has 0 aromatic rings. The van der Waals surface area contributed by atoms with Crippen LogP contribution >= 0.6 is 0 Å². The van der Waals surface area contributed by atoms with Crippen LogP contribution in [-0.4, -0.2) is 89.4 Å². The molecule has 0 fully saturated rings. The second kappa shape index (κ2) is 7.29. The van der Waals surface area contributed by atoms with Crippen molar-refractivity contribution in [2.24, 2.45) is 5.41 Å². The zero-order valence-corrected chi connectivity index (χ0v) is 9.10. The van der Waals surface area contributed by atoms with Gasteiger partial charge in [-0.3, -0.25) is 9.35 Å². The van der Waals surface area contributed by atoms with Gasteiger partial charge in [-0.25, -0.2) is 0 Å². The van der Waals surface area contributed by atoms with E-state index in [1.165, 1.54) is 0 Å². The number of amides is 1. The van der Waals surface area contributed by atoms with E-state index in [0.29, 0.717) is 0 Å². The molecule has 0 rings (SSSR count). The third kappa shape index (κ3) is 11.2. The number of hydrogen-bond donors (Lipinski definition) is 2. The summed E-state index contributed by atoms with van der Waals surface area (Å²) in [4.78, 5) is 10.8. The summed E-state index contributed by atoms with van der Waals surface area (Å²) >= 11 is 0. The summed E-state index contributed by atoms with van der Waals surface area (Å²) in [5, 5.41) is 2.46. The molecule has 0 aliphatic heterocycles. The van der Waals surface area contributed by atoms with Gasteiger partial charge in [-0.05, 0) is 11.5 Å². The van der Waals surface area contributed by atoms with Crippen LogP contribution in [0.25, 0.3) is 0 Å². The van der Waals surface area contributed by atoms with Crippen molar-refractivity contribution in [2.45, 2.75) is 13.8 Å². The Hall–Kier alpha value is 0.925. The summed E-state index contributed by atoms with van der Waals surface area (Å²) in [7, 11) is -4.01. The minimum absolute atomic E-state index is 0. The van der Waals surface area contributed by atoms with Gasteiger partial charge in [-0.15, -0.1) is 0 Å². The van der Waals surface area contributed by atoms with E-state index >= 15 is 0 Å². The van der Waals surface area contributed by atoms with Gasteiger partial charge in [0.15, 0.2) is 0 Å². The molecule has 0 spiro atoms. The van der Waals surface area contributed by atoms with Gasteiger partial charge >= 0.3 is 58.2 Å². The van der Waals surface area contributed by atoms with E-state index in [9.17, 15) is 13.2 Å². The first-order chi connectivity index (χ1) is 6.16. The zero-order chi connectivity index (χ0) is 11.4. The van der Waals surface area contributed by atoms with Crippen LogP contribution in [0.15, 0.2) is 12.7 Å². The normalized spacial score (nSPS) is 11.4. The SMILES string of the molecule is C=CC(=O)NCC(C)(C)CS(=O)(=O)O.[RbH].